The average Bonchev–Trinajstić information content (AvgIpc) is 3.22. The van der Waals surface area contributed by atoms with Crippen LogP contribution in [-0.4, -0.2) is 39.0 Å². The van der Waals surface area contributed by atoms with Crippen LogP contribution in [0, 0.1) is 0 Å². The lowest BCUT2D eigenvalue weighted by Crippen LogP contribution is -2.19. The van der Waals surface area contributed by atoms with Gasteiger partial charge in [0, 0.05) is 18.2 Å². The maximum absolute atomic E-state index is 6.07. The molecular weight excluding hydrogens is 314 g/mol. The molecule has 1 atom stereocenters. The lowest BCUT2D eigenvalue weighted by molar-refractivity contribution is 0.120. The number of nitrogens with one attached hydrogen (secondary N) is 1. The number of ether oxygens (including phenoxy) is 1. The molecule has 4 rings (SSSR count). The number of halogens is 1. The number of nitrogens with zero attached hydrogens (tertiary/aromatic N) is 4. The first kappa shape index (κ1) is 14.4. The molecule has 1 aromatic carbocycles. The average molecular weight is 330 g/mol. The number of hydrogen-bond donors (Lipinski definition) is 1. The third-order valence-electron chi connectivity index (χ3n) is 3.94. The molecule has 3 heterocycles. The minimum absolute atomic E-state index is 0.253. The van der Waals surface area contributed by atoms with E-state index in [1.165, 1.54) is 0 Å². The first-order valence-corrected chi connectivity index (χ1v) is 7.99. The SMILES string of the molecule is Clc1cccc(-n2ncc3c(NCC4CCCO4)ncnc32)c1. The van der Waals surface area contributed by atoms with E-state index in [9.17, 15) is 0 Å². The highest BCUT2D eigenvalue weighted by molar-refractivity contribution is 6.30. The second-order valence-electron chi connectivity index (χ2n) is 5.51. The molecule has 0 spiro atoms. The fourth-order valence-electron chi connectivity index (χ4n) is 2.80. The van der Waals surface area contributed by atoms with Crippen LogP contribution in [0.15, 0.2) is 36.8 Å². The summed E-state index contributed by atoms with van der Waals surface area (Å²) >= 11 is 6.07. The van der Waals surface area contributed by atoms with Crippen LogP contribution in [0.3, 0.4) is 0 Å². The third kappa shape index (κ3) is 2.87. The number of rotatable bonds is 4. The van der Waals surface area contributed by atoms with Gasteiger partial charge < -0.3 is 10.1 Å². The molecule has 2 aromatic heterocycles. The maximum atomic E-state index is 6.07. The topological polar surface area (TPSA) is 64.9 Å². The van der Waals surface area contributed by atoms with Gasteiger partial charge >= 0.3 is 0 Å². The summed E-state index contributed by atoms with van der Waals surface area (Å²) in [5, 5.41) is 9.33. The summed E-state index contributed by atoms with van der Waals surface area (Å²) in [5.41, 5.74) is 1.62. The van der Waals surface area contributed by atoms with Gasteiger partial charge in [0.15, 0.2) is 5.65 Å². The van der Waals surface area contributed by atoms with Gasteiger partial charge in [-0.15, -0.1) is 0 Å². The van der Waals surface area contributed by atoms with Crippen LogP contribution < -0.4 is 5.32 Å². The van der Waals surface area contributed by atoms with Crippen LogP contribution in [-0.2, 0) is 4.74 Å². The Hall–Kier alpha value is -2.18. The van der Waals surface area contributed by atoms with Crippen LogP contribution >= 0.6 is 11.6 Å². The summed E-state index contributed by atoms with van der Waals surface area (Å²) in [6.07, 6.45) is 5.78. The zero-order chi connectivity index (χ0) is 15.6. The number of hydrogen-bond acceptors (Lipinski definition) is 5. The molecule has 23 heavy (non-hydrogen) atoms. The van der Waals surface area contributed by atoms with Crippen LogP contribution in [0.1, 0.15) is 12.8 Å². The zero-order valence-corrected chi connectivity index (χ0v) is 13.2. The van der Waals surface area contributed by atoms with E-state index in [1.54, 1.807) is 17.2 Å². The fraction of sp³-hybridized carbons (Fsp3) is 0.312. The van der Waals surface area contributed by atoms with Gasteiger partial charge in [0.25, 0.3) is 0 Å². The van der Waals surface area contributed by atoms with Crippen molar-refractivity contribution in [3.8, 4) is 5.69 Å². The first-order valence-electron chi connectivity index (χ1n) is 7.61. The maximum Gasteiger partial charge on any atom is 0.168 e. The molecule has 6 nitrogen and oxygen atoms in total. The van der Waals surface area contributed by atoms with Gasteiger partial charge in [-0.1, -0.05) is 17.7 Å². The van der Waals surface area contributed by atoms with Crippen LogP contribution in [0.5, 0.6) is 0 Å². The molecule has 1 aliphatic rings. The summed E-state index contributed by atoms with van der Waals surface area (Å²) in [4.78, 5) is 8.70. The predicted octanol–water partition coefficient (Wildman–Crippen LogP) is 3.06. The highest BCUT2D eigenvalue weighted by Gasteiger charge is 2.17. The van der Waals surface area contributed by atoms with Crippen molar-refractivity contribution in [2.24, 2.45) is 0 Å². The molecular formula is C16H16ClN5O. The second kappa shape index (κ2) is 6.14. The van der Waals surface area contributed by atoms with Crippen LogP contribution in [0.2, 0.25) is 5.02 Å². The quantitative estimate of drug-likeness (QED) is 0.797. The smallest absolute Gasteiger partial charge is 0.168 e. The second-order valence-corrected chi connectivity index (χ2v) is 5.95. The lowest BCUT2D eigenvalue weighted by Gasteiger charge is -2.11. The fourth-order valence-corrected chi connectivity index (χ4v) is 2.98. The molecule has 118 valence electrons. The Balaban J connectivity index is 1.66. The Labute approximate surface area is 138 Å². The molecule has 1 fully saturated rings. The summed E-state index contributed by atoms with van der Waals surface area (Å²) < 4.78 is 7.40. The number of anilines is 1. The van der Waals surface area contributed by atoms with Crippen molar-refractivity contribution in [3.05, 3.63) is 41.8 Å². The highest BCUT2D eigenvalue weighted by atomic mass is 35.5. The standard InChI is InChI=1S/C16H16ClN5O/c17-11-3-1-4-12(7-11)22-16-14(9-21-22)15(19-10-20-16)18-8-13-5-2-6-23-13/h1,3-4,7,9-10,13H,2,5-6,8H2,(H,18,19,20). The third-order valence-corrected chi connectivity index (χ3v) is 4.17. The molecule has 1 unspecified atom stereocenters. The molecule has 0 saturated carbocycles. The Morgan fingerprint density at radius 3 is 3.13 bits per heavy atom. The largest absolute Gasteiger partial charge is 0.376 e. The van der Waals surface area contributed by atoms with Crippen molar-refractivity contribution in [3.63, 3.8) is 0 Å². The summed E-state index contributed by atoms with van der Waals surface area (Å²) in [6.45, 7) is 1.59. The monoisotopic (exact) mass is 329 g/mol. The Morgan fingerprint density at radius 1 is 1.35 bits per heavy atom. The minimum atomic E-state index is 0.253. The Kier molecular flexibility index (Phi) is 3.85. The van der Waals surface area contributed by atoms with Crippen molar-refractivity contribution >= 4 is 28.5 Å². The predicted molar refractivity (Wildman–Crippen MR) is 89.1 cm³/mol. The molecule has 0 radical (unpaired) electrons. The van der Waals surface area contributed by atoms with Gasteiger partial charge in [-0.25, -0.2) is 14.6 Å². The van der Waals surface area contributed by atoms with Gasteiger partial charge in [-0.05, 0) is 31.0 Å². The van der Waals surface area contributed by atoms with Crippen molar-refractivity contribution < 1.29 is 4.74 Å². The van der Waals surface area contributed by atoms with Crippen molar-refractivity contribution in [2.45, 2.75) is 18.9 Å². The summed E-state index contributed by atoms with van der Waals surface area (Å²) in [5.74, 6) is 0.777. The van der Waals surface area contributed by atoms with Gasteiger partial charge in [-0.3, -0.25) is 0 Å². The van der Waals surface area contributed by atoms with Gasteiger partial charge in [0.2, 0.25) is 0 Å². The van der Waals surface area contributed by atoms with Crippen molar-refractivity contribution in [2.75, 3.05) is 18.5 Å². The molecule has 0 aliphatic carbocycles. The minimum Gasteiger partial charge on any atom is -0.376 e. The zero-order valence-electron chi connectivity index (χ0n) is 12.4. The van der Waals surface area contributed by atoms with E-state index in [4.69, 9.17) is 16.3 Å². The van der Waals surface area contributed by atoms with E-state index in [2.05, 4.69) is 20.4 Å². The molecule has 1 saturated heterocycles. The van der Waals surface area contributed by atoms with E-state index in [0.717, 1.165) is 48.5 Å². The number of aromatic nitrogens is 4. The van der Waals surface area contributed by atoms with E-state index >= 15 is 0 Å². The van der Waals surface area contributed by atoms with Gasteiger partial charge in [-0.2, -0.15) is 5.10 Å². The summed E-state index contributed by atoms with van der Waals surface area (Å²) in [7, 11) is 0. The summed E-state index contributed by atoms with van der Waals surface area (Å²) in [6, 6.07) is 7.53. The number of fused-ring (bicyclic) bond motifs is 1. The van der Waals surface area contributed by atoms with Crippen LogP contribution in [0.25, 0.3) is 16.7 Å². The Morgan fingerprint density at radius 2 is 2.30 bits per heavy atom. The van der Waals surface area contributed by atoms with E-state index in [-0.39, 0.29) is 6.10 Å². The molecule has 3 aromatic rings. The van der Waals surface area contributed by atoms with Crippen molar-refractivity contribution in [1.82, 2.24) is 19.7 Å². The molecule has 1 aliphatic heterocycles. The first-order chi connectivity index (χ1) is 11.3. The molecule has 0 bridgehead atoms. The molecule has 7 heteroatoms. The van der Waals surface area contributed by atoms with E-state index in [1.807, 2.05) is 24.3 Å². The number of benzene rings is 1. The Bertz CT molecular complexity index is 828. The molecule has 0 amide bonds. The lowest BCUT2D eigenvalue weighted by atomic mass is 10.2. The van der Waals surface area contributed by atoms with E-state index in [0.29, 0.717) is 5.02 Å². The van der Waals surface area contributed by atoms with Crippen molar-refractivity contribution in [1.29, 1.82) is 0 Å². The van der Waals surface area contributed by atoms with E-state index < -0.39 is 0 Å². The van der Waals surface area contributed by atoms with Gasteiger partial charge in [0.1, 0.15) is 12.1 Å². The van der Waals surface area contributed by atoms with Crippen LogP contribution in [0.4, 0.5) is 5.82 Å². The van der Waals surface area contributed by atoms with Gasteiger partial charge in [0.05, 0.1) is 23.4 Å². The highest BCUT2D eigenvalue weighted by Crippen LogP contribution is 2.23. The normalized spacial score (nSPS) is 17.7. The molecule has 1 N–H and O–H groups in total.